The zero-order valence-corrected chi connectivity index (χ0v) is 15.5. The third-order valence-corrected chi connectivity index (χ3v) is 5.57. The van der Waals surface area contributed by atoms with Crippen molar-refractivity contribution in [2.75, 3.05) is 6.54 Å². The van der Waals surface area contributed by atoms with Crippen molar-refractivity contribution in [3.05, 3.63) is 108 Å². The van der Waals surface area contributed by atoms with Crippen LogP contribution in [0.2, 0.25) is 0 Å². The van der Waals surface area contributed by atoms with Crippen LogP contribution in [0.4, 0.5) is 0 Å². The van der Waals surface area contributed by atoms with Crippen LogP contribution in [-0.2, 0) is 18.5 Å². The Balaban J connectivity index is 1.52. The normalized spacial score (nSPS) is 21.0. The van der Waals surface area contributed by atoms with Gasteiger partial charge in [0.2, 0.25) is 0 Å². The molecular formula is C25H24N2. The van der Waals surface area contributed by atoms with Crippen LogP contribution in [0, 0.1) is 17.2 Å². The highest BCUT2D eigenvalue weighted by Crippen LogP contribution is 2.54. The van der Waals surface area contributed by atoms with Gasteiger partial charge in [-0.3, -0.25) is 4.90 Å². The van der Waals surface area contributed by atoms with E-state index in [2.05, 4.69) is 83.8 Å². The van der Waals surface area contributed by atoms with Crippen molar-refractivity contribution >= 4 is 0 Å². The number of benzene rings is 3. The van der Waals surface area contributed by atoms with Crippen LogP contribution in [-0.4, -0.2) is 11.4 Å². The second-order valence-corrected chi connectivity index (χ2v) is 7.49. The zero-order chi connectivity index (χ0) is 18.5. The number of nitrogens with zero attached hydrogens (tertiary/aromatic N) is 2. The van der Waals surface area contributed by atoms with Gasteiger partial charge in [-0.2, -0.15) is 5.26 Å². The Morgan fingerprint density at radius 1 is 0.778 bits per heavy atom. The second-order valence-electron chi connectivity index (χ2n) is 7.49. The van der Waals surface area contributed by atoms with Gasteiger partial charge in [-0.1, -0.05) is 91.0 Å². The lowest BCUT2D eigenvalue weighted by molar-refractivity contribution is 0.241. The van der Waals surface area contributed by atoms with E-state index in [1.54, 1.807) is 0 Å². The van der Waals surface area contributed by atoms with Gasteiger partial charge in [0, 0.05) is 19.6 Å². The van der Waals surface area contributed by atoms with Crippen LogP contribution in [0.3, 0.4) is 0 Å². The predicted molar refractivity (Wildman–Crippen MR) is 109 cm³/mol. The third kappa shape index (κ3) is 3.94. The molecule has 3 aromatic rings. The first-order chi connectivity index (χ1) is 13.3. The molecule has 2 nitrogen and oxygen atoms in total. The van der Waals surface area contributed by atoms with E-state index in [4.69, 9.17) is 0 Å². The third-order valence-electron chi connectivity index (χ3n) is 5.57. The molecule has 2 atom stereocenters. The van der Waals surface area contributed by atoms with Gasteiger partial charge < -0.3 is 0 Å². The molecule has 0 aliphatic heterocycles. The SMILES string of the molecule is N#CC1(c2ccccc2)CC1CN(Cc1ccccc1)Cc1ccccc1. The highest BCUT2D eigenvalue weighted by Gasteiger charge is 2.56. The van der Waals surface area contributed by atoms with Gasteiger partial charge in [0.15, 0.2) is 0 Å². The molecule has 0 radical (unpaired) electrons. The zero-order valence-electron chi connectivity index (χ0n) is 15.5. The minimum atomic E-state index is -0.313. The molecule has 1 fully saturated rings. The monoisotopic (exact) mass is 352 g/mol. The van der Waals surface area contributed by atoms with E-state index in [0.717, 1.165) is 31.6 Å². The molecule has 0 saturated heterocycles. The molecule has 3 aromatic carbocycles. The number of rotatable bonds is 7. The lowest BCUT2D eigenvalue weighted by Gasteiger charge is -2.24. The van der Waals surface area contributed by atoms with E-state index < -0.39 is 0 Å². The Hall–Kier alpha value is -2.89. The maximum atomic E-state index is 9.90. The molecular weight excluding hydrogens is 328 g/mol. The number of hydrogen-bond donors (Lipinski definition) is 0. The first kappa shape index (κ1) is 17.5. The fourth-order valence-electron chi connectivity index (χ4n) is 4.02. The Kier molecular flexibility index (Phi) is 5.05. The van der Waals surface area contributed by atoms with Gasteiger partial charge in [-0.25, -0.2) is 0 Å². The van der Waals surface area contributed by atoms with E-state index in [0.29, 0.717) is 5.92 Å². The van der Waals surface area contributed by atoms with Crippen molar-refractivity contribution in [2.45, 2.75) is 24.9 Å². The van der Waals surface area contributed by atoms with Crippen LogP contribution >= 0.6 is 0 Å². The maximum Gasteiger partial charge on any atom is 0.0867 e. The molecule has 0 aromatic heterocycles. The predicted octanol–water partition coefficient (Wildman–Crippen LogP) is 5.17. The minimum absolute atomic E-state index is 0.313. The molecule has 0 amide bonds. The fraction of sp³-hybridized carbons (Fsp3) is 0.240. The molecule has 0 bridgehead atoms. The first-order valence-corrected chi connectivity index (χ1v) is 9.57. The summed E-state index contributed by atoms with van der Waals surface area (Å²) in [5, 5.41) is 9.90. The molecule has 4 rings (SSSR count). The van der Waals surface area contributed by atoms with E-state index >= 15 is 0 Å². The van der Waals surface area contributed by atoms with Crippen molar-refractivity contribution in [1.82, 2.24) is 4.90 Å². The Labute approximate surface area is 161 Å². The lowest BCUT2D eigenvalue weighted by atomic mass is 9.94. The Bertz CT molecular complexity index is 858. The first-order valence-electron chi connectivity index (χ1n) is 9.57. The van der Waals surface area contributed by atoms with Crippen molar-refractivity contribution in [3.63, 3.8) is 0 Å². The van der Waals surface area contributed by atoms with E-state index in [9.17, 15) is 5.26 Å². The highest BCUT2D eigenvalue weighted by molar-refractivity contribution is 5.41. The summed E-state index contributed by atoms with van der Waals surface area (Å²) < 4.78 is 0. The van der Waals surface area contributed by atoms with Crippen molar-refractivity contribution < 1.29 is 0 Å². The summed E-state index contributed by atoms with van der Waals surface area (Å²) in [6.45, 7) is 2.75. The standard InChI is InChI=1S/C25H24N2/c26-20-25(23-14-8-3-9-15-23)16-24(25)19-27(17-21-10-4-1-5-11-21)18-22-12-6-2-7-13-22/h1-15,24H,16-19H2. The molecule has 27 heavy (non-hydrogen) atoms. The average Bonchev–Trinajstić information content (AvgIpc) is 3.44. The molecule has 2 heteroatoms. The Morgan fingerprint density at radius 3 is 1.74 bits per heavy atom. The van der Waals surface area contributed by atoms with E-state index in [-0.39, 0.29) is 5.41 Å². The fourth-order valence-corrected chi connectivity index (χ4v) is 4.02. The van der Waals surface area contributed by atoms with Gasteiger partial charge >= 0.3 is 0 Å². The second kappa shape index (κ2) is 7.78. The van der Waals surface area contributed by atoms with Crippen molar-refractivity contribution in [1.29, 1.82) is 5.26 Å². The molecule has 0 N–H and O–H groups in total. The summed E-state index contributed by atoms with van der Waals surface area (Å²) in [7, 11) is 0. The molecule has 1 saturated carbocycles. The van der Waals surface area contributed by atoms with E-state index in [1.165, 1.54) is 11.1 Å². The lowest BCUT2D eigenvalue weighted by Crippen LogP contribution is -2.27. The van der Waals surface area contributed by atoms with Crippen LogP contribution in [0.1, 0.15) is 23.1 Å². The summed E-state index contributed by atoms with van der Waals surface area (Å²) in [6, 6.07) is 34.1. The summed E-state index contributed by atoms with van der Waals surface area (Å²) in [5.74, 6) is 0.386. The topological polar surface area (TPSA) is 27.0 Å². The summed E-state index contributed by atoms with van der Waals surface area (Å²) in [5.41, 5.74) is 3.48. The molecule has 2 unspecified atom stereocenters. The average molecular weight is 352 g/mol. The smallest absolute Gasteiger partial charge is 0.0867 e. The molecule has 1 aliphatic carbocycles. The van der Waals surface area contributed by atoms with Crippen LogP contribution in [0.25, 0.3) is 0 Å². The molecule has 0 heterocycles. The highest BCUT2D eigenvalue weighted by atomic mass is 15.1. The largest absolute Gasteiger partial charge is 0.294 e. The summed E-state index contributed by atoms with van der Waals surface area (Å²) in [6.07, 6.45) is 0.952. The Morgan fingerprint density at radius 2 is 1.26 bits per heavy atom. The molecule has 134 valence electrons. The van der Waals surface area contributed by atoms with Crippen LogP contribution in [0.15, 0.2) is 91.0 Å². The molecule has 0 spiro atoms. The van der Waals surface area contributed by atoms with Gasteiger partial charge in [0.25, 0.3) is 0 Å². The van der Waals surface area contributed by atoms with Crippen LogP contribution < -0.4 is 0 Å². The summed E-state index contributed by atoms with van der Waals surface area (Å²) in [4.78, 5) is 2.48. The number of nitriles is 1. The van der Waals surface area contributed by atoms with Gasteiger partial charge in [0.05, 0.1) is 11.5 Å². The van der Waals surface area contributed by atoms with Gasteiger partial charge in [0.1, 0.15) is 0 Å². The number of hydrogen-bond acceptors (Lipinski definition) is 2. The van der Waals surface area contributed by atoms with Gasteiger partial charge in [-0.05, 0) is 29.0 Å². The van der Waals surface area contributed by atoms with Crippen LogP contribution in [0.5, 0.6) is 0 Å². The van der Waals surface area contributed by atoms with E-state index in [1.807, 2.05) is 18.2 Å². The maximum absolute atomic E-state index is 9.90. The van der Waals surface area contributed by atoms with Crippen molar-refractivity contribution in [3.8, 4) is 6.07 Å². The summed E-state index contributed by atoms with van der Waals surface area (Å²) >= 11 is 0. The quantitative estimate of drug-likeness (QED) is 0.586. The molecule has 1 aliphatic rings. The van der Waals surface area contributed by atoms with Gasteiger partial charge in [-0.15, -0.1) is 0 Å². The van der Waals surface area contributed by atoms with Crippen molar-refractivity contribution in [2.24, 2.45) is 5.92 Å². The minimum Gasteiger partial charge on any atom is -0.294 e.